The normalized spacial score (nSPS) is 14.2. The predicted octanol–water partition coefficient (Wildman–Crippen LogP) is 2.88. The number of nitrogens with zero attached hydrogens (tertiary/aromatic N) is 2. The Labute approximate surface area is 192 Å². The molecule has 2 amide bonds. The van der Waals surface area contributed by atoms with Crippen molar-refractivity contribution in [2.24, 2.45) is 0 Å². The molecule has 0 spiro atoms. The fourth-order valence-electron chi connectivity index (χ4n) is 4.12. The molecule has 4 rings (SSSR count). The monoisotopic (exact) mass is 471 g/mol. The van der Waals surface area contributed by atoms with Gasteiger partial charge in [-0.3, -0.25) is 9.59 Å². The quantitative estimate of drug-likeness (QED) is 0.486. The molecule has 0 aliphatic carbocycles. The lowest BCUT2D eigenvalue weighted by Crippen LogP contribution is -2.32. The van der Waals surface area contributed by atoms with E-state index in [1.54, 1.807) is 28.8 Å². The number of hydrogen-bond acceptors (Lipinski definition) is 4. The molecule has 0 atom stereocenters. The summed E-state index contributed by atoms with van der Waals surface area (Å²) < 4.78 is 41.1. The molecule has 0 radical (unpaired) electrons. The number of rotatable bonds is 9. The molecule has 1 aromatic heterocycles. The zero-order valence-corrected chi connectivity index (χ0v) is 19.0. The number of para-hydroxylation sites is 1. The van der Waals surface area contributed by atoms with Gasteiger partial charge in [0.2, 0.25) is 11.8 Å². The first-order valence-electron chi connectivity index (χ1n) is 10.9. The molecule has 0 saturated carbocycles. The number of carbonyl (C=O) groups excluding carboxylic acids is 2. The standard InChI is InChI=1S/C24H26FN3O4S/c25-19-10-8-18(9-11-19)17-33(31,32)22-15-28(21-6-2-1-5-20(21)22)16-23(29)26-12-4-14-27-13-3-7-24(27)30/h1-2,5-6,8-11,15H,3-4,7,12-14,16-17H2,(H,26,29). The topological polar surface area (TPSA) is 88.5 Å². The summed E-state index contributed by atoms with van der Waals surface area (Å²) in [6.45, 7) is 1.82. The summed E-state index contributed by atoms with van der Waals surface area (Å²) in [5.74, 6) is -0.755. The van der Waals surface area contributed by atoms with Gasteiger partial charge < -0.3 is 14.8 Å². The lowest BCUT2D eigenvalue weighted by atomic mass is 10.2. The Kier molecular flexibility index (Phi) is 6.78. The average molecular weight is 472 g/mol. The number of nitrogens with one attached hydrogen (secondary N) is 1. The Morgan fingerprint density at radius 1 is 1.09 bits per heavy atom. The van der Waals surface area contributed by atoms with E-state index in [1.807, 2.05) is 4.90 Å². The highest BCUT2D eigenvalue weighted by atomic mass is 32.2. The summed E-state index contributed by atoms with van der Waals surface area (Å²) in [6.07, 6.45) is 3.64. The van der Waals surface area contributed by atoms with E-state index in [-0.39, 0.29) is 29.0 Å². The third-order valence-electron chi connectivity index (χ3n) is 5.77. The minimum atomic E-state index is -3.72. The molecule has 1 N–H and O–H groups in total. The summed E-state index contributed by atoms with van der Waals surface area (Å²) in [7, 11) is -3.72. The minimum Gasteiger partial charge on any atom is -0.354 e. The maximum Gasteiger partial charge on any atom is 0.239 e. The van der Waals surface area contributed by atoms with Gasteiger partial charge in [-0.25, -0.2) is 12.8 Å². The average Bonchev–Trinajstić information content (AvgIpc) is 3.37. The van der Waals surface area contributed by atoms with Crippen molar-refractivity contribution < 1.29 is 22.4 Å². The van der Waals surface area contributed by atoms with Gasteiger partial charge in [-0.2, -0.15) is 0 Å². The maximum absolute atomic E-state index is 13.2. The number of halogens is 1. The number of hydrogen-bond donors (Lipinski definition) is 1. The van der Waals surface area contributed by atoms with Crippen LogP contribution in [0.2, 0.25) is 0 Å². The molecule has 1 aliphatic rings. The van der Waals surface area contributed by atoms with Crippen LogP contribution in [0.25, 0.3) is 10.9 Å². The Balaban J connectivity index is 1.44. The van der Waals surface area contributed by atoms with Gasteiger partial charge in [0.15, 0.2) is 9.84 Å². The van der Waals surface area contributed by atoms with Crippen molar-refractivity contribution in [2.75, 3.05) is 19.6 Å². The van der Waals surface area contributed by atoms with Gasteiger partial charge in [-0.05, 0) is 36.6 Å². The van der Waals surface area contributed by atoms with E-state index < -0.39 is 15.7 Å². The molecule has 174 valence electrons. The molecule has 1 saturated heterocycles. The second-order valence-corrected chi connectivity index (χ2v) is 10.2. The van der Waals surface area contributed by atoms with E-state index in [2.05, 4.69) is 5.32 Å². The van der Waals surface area contributed by atoms with Crippen molar-refractivity contribution in [2.45, 2.75) is 36.5 Å². The Morgan fingerprint density at radius 2 is 1.85 bits per heavy atom. The lowest BCUT2D eigenvalue weighted by molar-refractivity contribution is -0.127. The number of fused-ring (bicyclic) bond motifs is 1. The summed E-state index contributed by atoms with van der Waals surface area (Å²) >= 11 is 0. The number of sulfone groups is 1. The van der Waals surface area contributed by atoms with Crippen LogP contribution in [0, 0.1) is 5.82 Å². The van der Waals surface area contributed by atoms with Crippen LogP contribution in [0.15, 0.2) is 59.6 Å². The first-order chi connectivity index (χ1) is 15.8. The van der Waals surface area contributed by atoms with Gasteiger partial charge in [0.05, 0.1) is 10.6 Å². The maximum atomic E-state index is 13.2. The first-order valence-corrected chi connectivity index (χ1v) is 12.6. The lowest BCUT2D eigenvalue weighted by Gasteiger charge is -2.15. The number of aromatic nitrogens is 1. The van der Waals surface area contributed by atoms with Crippen LogP contribution in [0.1, 0.15) is 24.8 Å². The van der Waals surface area contributed by atoms with Crippen LogP contribution >= 0.6 is 0 Å². The molecule has 2 aromatic carbocycles. The molecular formula is C24H26FN3O4S. The number of benzene rings is 2. The fourth-order valence-corrected chi connectivity index (χ4v) is 5.70. The highest BCUT2D eigenvalue weighted by molar-refractivity contribution is 7.90. The van der Waals surface area contributed by atoms with Gasteiger partial charge in [0.25, 0.3) is 0 Å². The molecular weight excluding hydrogens is 445 g/mol. The second kappa shape index (κ2) is 9.74. The van der Waals surface area contributed by atoms with E-state index >= 15 is 0 Å². The summed E-state index contributed by atoms with van der Waals surface area (Å²) in [5, 5.41) is 3.39. The van der Waals surface area contributed by atoms with E-state index in [9.17, 15) is 22.4 Å². The third-order valence-corrected chi connectivity index (χ3v) is 7.48. The highest BCUT2D eigenvalue weighted by Crippen LogP contribution is 2.28. The summed E-state index contributed by atoms with van der Waals surface area (Å²) in [4.78, 5) is 26.1. The molecule has 1 aliphatic heterocycles. The van der Waals surface area contributed by atoms with Gasteiger partial charge in [0.1, 0.15) is 12.4 Å². The van der Waals surface area contributed by atoms with Gasteiger partial charge in [0, 0.05) is 43.2 Å². The highest BCUT2D eigenvalue weighted by Gasteiger charge is 2.23. The van der Waals surface area contributed by atoms with Gasteiger partial charge >= 0.3 is 0 Å². The fraction of sp³-hybridized carbons (Fsp3) is 0.333. The van der Waals surface area contributed by atoms with Crippen molar-refractivity contribution in [3.8, 4) is 0 Å². The minimum absolute atomic E-state index is 0.0186. The zero-order chi connectivity index (χ0) is 23.4. The SMILES string of the molecule is O=C(Cn1cc(S(=O)(=O)Cc2ccc(F)cc2)c2ccccc21)NCCCN1CCCC1=O. The largest absolute Gasteiger partial charge is 0.354 e. The number of likely N-dealkylation sites (tertiary alicyclic amines) is 1. The second-order valence-electron chi connectivity index (χ2n) is 8.21. The van der Waals surface area contributed by atoms with Gasteiger partial charge in [-0.15, -0.1) is 0 Å². The zero-order valence-electron chi connectivity index (χ0n) is 18.2. The van der Waals surface area contributed by atoms with E-state index in [0.29, 0.717) is 42.4 Å². The molecule has 7 nitrogen and oxygen atoms in total. The molecule has 0 unspecified atom stereocenters. The third kappa shape index (κ3) is 5.42. The molecule has 33 heavy (non-hydrogen) atoms. The molecule has 0 bridgehead atoms. The Bertz CT molecular complexity index is 1270. The molecule has 9 heteroatoms. The van der Waals surface area contributed by atoms with Crippen molar-refractivity contribution in [3.63, 3.8) is 0 Å². The van der Waals surface area contributed by atoms with E-state index in [1.165, 1.54) is 30.5 Å². The van der Waals surface area contributed by atoms with Crippen LogP contribution in [-0.2, 0) is 31.7 Å². The summed E-state index contributed by atoms with van der Waals surface area (Å²) in [5.41, 5.74) is 1.13. The van der Waals surface area contributed by atoms with Crippen LogP contribution in [0.3, 0.4) is 0 Å². The molecule has 2 heterocycles. The van der Waals surface area contributed by atoms with Crippen LogP contribution in [0.4, 0.5) is 4.39 Å². The van der Waals surface area contributed by atoms with Gasteiger partial charge in [-0.1, -0.05) is 30.3 Å². The van der Waals surface area contributed by atoms with Crippen molar-refractivity contribution in [1.82, 2.24) is 14.8 Å². The van der Waals surface area contributed by atoms with Crippen LogP contribution < -0.4 is 5.32 Å². The van der Waals surface area contributed by atoms with Crippen LogP contribution in [0.5, 0.6) is 0 Å². The van der Waals surface area contributed by atoms with Crippen LogP contribution in [-0.4, -0.2) is 49.3 Å². The van der Waals surface area contributed by atoms with E-state index in [0.717, 1.165) is 13.0 Å². The Morgan fingerprint density at radius 3 is 2.58 bits per heavy atom. The van der Waals surface area contributed by atoms with Crippen molar-refractivity contribution in [1.29, 1.82) is 0 Å². The van der Waals surface area contributed by atoms with Crippen molar-refractivity contribution >= 4 is 32.6 Å². The van der Waals surface area contributed by atoms with Crippen molar-refractivity contribution in [3.05, 3.63) is 66.1 Å². The Hall–Kier alpha value is -3.20. The smallest absolute Gasteiger partial charge is 0.239 e. The first kappa shape index (κ1) is 23.0. The summed E-state index contributed by atoms with van der Waals surface area (Å²) in [6, 6.07) is 12.4. The number of carbonyl (C=O) groups is 2. The molecule has 3 aromatic rings. The number of amides is 2. The molecule has 1 fully saturated rings. The predicted molar refractivity (Wildman–Crippen MR) is 123 cm³/mol. The van der Waals surface area contributed by atoms with E-state index in [4.69, 9.17) is 0 Å².